The Morgan fingerprint density at radius 2 is 1.95 bits per heavy atom. The van der Waals surface area contributed by atoms with Gasteiger partial charge in [-0.05, 0) is 30.5 Å². The van der Waals surface area contributed by atoms with Gasteiger partial charge in [0, 0.05) is 19.6 Å². The lowest BCUT2D eigenvalue weighted by molar-refractivity contribution is -0.0114. The van der Waals surface area contributed by atoms with E-state index in [1.807, 2.05) is 6.07 Å². The van der Waals surface area contributed by atoms with Crippen molar-refractivity contribution in [2.75, 3.05) is 13.1 Å². The predicted molar refractivity (Wildman–Crippen MR) is 71.0 cm³/mol. The fourth-order valence-corrected chi connectivity index (χ4v) is 4.33. The Labute approximate surface area is 113 Å². The van der Waals surface area contributed by atoms with Crippen LogP contribution in [0.2, 0.25) is 0 Å². The van der Waals surface area contributed by atoms with Crippen LogP contribution in [0.3, 0.4) is 0 Å². The highest BCUT2D eigenvalue weighted by Gasteiger charge is 2.39. The highest BCUT2D eigenvalue weighted by atomic mass is 32.2. The monoisotopic (exact) mass is 282 g/mol. The molecule has 2 bridgehead atoms. The maximum atomic E-state index is 12.6. The van der Waals surface area contributed by atoms with Crippen LogP contribution in [-0.2, 0) is 21.3 Å². The Bertz CT molecular complexity index is 561. The smallest absolute Gasteiger partial charge is 0.243 e. The zero-order chi connectivity index (χ0) is 13.5. The van der Waals surface area contributed by atoms with Gasteiger partial charge < -0.3 is 10.5 Å². The molecule has 0 aliphatic carbocycles. The Morgan fingerprint density at radius 1 is 1.26 bits per heavy atom. The second-order valence-corrected chi connectivity index (χ2v) is 7.07. The van der Waals surface area contributed by atoms with Gasteiger partial charge in [0.25, 0.3) is 0 Å². The molecule has 2 atom stereocenters. The van der Waals surface area contributed by atoms with E-state index < -0.39 is 10.0 Å². The molecule has 2 aliphatic heterocycles. The topological polar surface area (TPSA) is 72.6 Å². The van der Waals surface area contributed by atoms with Gasteiger partial charge in [-0.1, -0.05) is 12.1 Å². The van der Waals surface area contributed by atoms with Crippen molar-refractivity contribution in [2.24, 2.45) is 5.73 Å². The molecule has 0 spiro atoms. The average Bonchev–Trinajstić information content (AvgIpc) is 2.77. The standard InChI is InChI=1S/C13H18N2O3S/c14-7-10-2-1-3-13(6-10)19(16,17)15-8-11-4-5-12(9-15)18-11/h1-3,6,11-12H,4-5,7-9,14H2. The van der Waals surface area contributed by atoms with E-state index in [4.69, 9.17) is 10.5 Å². The Hall–Kier alpha value is -0.950. The summed E-state index contributed by atoms with van der Waals surface area (Å²) in [6, 6.07) is 6.87. The molecule has 2 N–H and O–H groups in total. The zero-order valence-electron chi connectivity index (χ0n) is 10.7. The number of ether oxygens (including phenoxy) is 1. The van der Waals surface area contributed by atoms with Gasteiger partial charge in [-0.2, -0.15) is 4.31 Å². The molecule has 1 aromatic carbocycles. The van der Waals surface area contributed by atoms with Crippen LogP contribution in [0.1, 0.15) is 18.4 Å². The normalized spacial score (nSPS) is 27.6. The first-order valence-electron chi connectivity index (χ1n) is 6.54. The highest BCUT2D eigenvalue weighted by molar-refractivity contribution is 7.89. The largest absolute Gasteiger partial charge is 0.372 e. The highest BCUT2D eigenvalue weighted by Crippen LogP contribution is 2.30. The van der Waals surface area contributed by atoms with Crippen molar-refractivity contribution in [2.45, 2.75) is 36.5 Å². The number of hydrogen-bond donors (Lipinski definition) is 1. The molecule has 0 radical (unpaired) electrons. The molecule has 2 aliphatic rings. The third-order valence-corrected chi connectivity index (χ3v) is 5.61. The van der Waals surface area contributed by atoms with E-state index in [-0.39, 0.29) is 12.2 Å². The lowest BCUT2D eigenvalue weighted by Gasteiger charge is -2.31. The van der Waals surface area contributed by atoms with Crippen LogP contribution < -0.4 is 5.73 Å². The molecule has 6 heteroatoms. The van der Waals surface area contributed by atoms with E-state index in [0.29, 0.717) is 24.5 Å². The summed E-state index contributed by atoms with van der Waals surface area (Å²) in [6.45, 7) is 1.27. The molecule has 0 aromatic heterocycles. The van der Waals surface area contributed by atoms with E-state index in [0.717, 1.165) is 18.4 Å². The summed E-state index contributed by atoms with van der Waals surface area (Å²) in [4.78, 5) is 0.330. The van der Waals surface area contributed by atoms with Crippen LogP contribution >= 0.6 is 0 Å². The number of sulfonamides is 1. The van der Waals surface area contributed by atoms with Gasteiger partial charge in [-0.15, -0.1) is 0 Å². The van der Waals surface area contributed by atoms with E-state index in [1.165, 1.54) is 0 Å². The quantitative estimate of drug-likeness (QED) is 0.885. The SMILES string of the molecule is NCc1cccc(S(=O)(=O)N2CC3CCC(C2)O3)c1. The van der Waals surface area contributed by atoms with Crippen LogP contribution in [0.5, 0.6) is 0 Å². The third-order valence-electron chi connectivity index (χ3n) is 3.78. The molecule has 3 rings (SSSR count). The molecule has 104 valence electrons. The lowest BCUT2D eigenvalue weighted by Crippen LogP contribution is -2.45. The molecule has 1 aromatic rings. The van der Waals surface area contributed by atoms with Gasteiger partial charge in [0.2, 0.25) is 10.0 Å². The summed E-state index contributed by atoms with van der Waals surface area (Å²) < 4.78 is 32.4. The summed E-state index contributed by atoms with van der Waals surface area (Å²) in [5.74, 6) is 0. The molecule has 5 nitrogen and oxygen atoms in total. The fourth-order valence-electron chi connectivity index (χ4n) is 2.76. The van der Waals surface area contributed by atoms with E-state index in [1.54, 1.807) is 22.5 Å². The molecular formula is C13H18N2O3S. The van der Waals surface area contributed by atoms with Crippen molar-refractivity contribution in [3.63, 3.8) is 0 Å². The van der Waals surface area contributed by atoms with Crippen LogP contribution in [0.15, 0.2) is 29.2 Å². The number of nitrogens with zero attached hydrogens (tertiary/aromatic N) is 1. The van der Waals surface area contributed by atoms with Gasteiger partial charge >= 0.3 is 0 Å². The van der Waals surface area contributed by atoms with Crippen LogP contribution in [0.25, 0.3) is 0 Å². The first-order chi connectivity index (χ1) is 9.09. The molecular weight excluding hydrogens is 264 g/mol. The number of morpholine rings is 1. The van der Waals surface area contributed by atoms with Crippen molar-refractivity contribution in [3.8, 4) is 0 Å². The second kappa shape index (κ2) is 4.86. The van der Waals surface area contributed by atoms with Gasteiger partial charge in [0.15, 0.2) is 0 Å². The maximum absolute atomic E-state index is 12.6. The van der Waals surface area contributed by atoms with Gasteiger partial charge in [-0.25, -0.2) is 8.42 Å². The van der Waals surface area contributed by atoms with Crippen LogP contribution in [0, 0.1) is 0 Å². The Kier molecular flexibility index (Phi) is 3.34. The number of benzene rings is 1. The molecule has 0 amide bonds. The Morgan fingerprint density at radius 3 is 2.58 bits per heavy atom. The van der Waals surface area contributed by atoms with Crippen LogP contribution in [0.4, 0.5) is 0 Å². The minimum absolute atomic E-state index is 0.0613. The third kappa shape index (κ3) is 2.41. The van der Waals surface area contributed by atoms with Crippen molar-refractivity contribution in [1.82, 2.24) is 4.31 Å². The molecule has 2 fully saturated rings. The zero-order valence-corrected chi connectivity index (χ0v) is 11.5. The van der Waals surface area contributed by atoms with Crippen molar-refractivity contribution >= 4 is 10.0 Å². The summed E-state index contributed by atoms with van der Waals surface area (Å²) in [6.07, 6.45) is 2.04. The summed E-state index contributed by atoms with van der Waals surface area (Å²) in [5, 5.41) is 0. The van der Waals surface area contributed by atoms with Gasteiger partial charge in [0.05, 0.1) is 17.1 Å². The number of hydrogen-bond acceptors (Lipinski definition) is 4. The minimum atomic E-state index is -3.42. The first kappa shape index (κ1) is 13.1. The second-order valence-electron chi connectivity index (χ2n) is 5.13. The van der Waals surface area contributed by atoms with Crippen molar-refractivity contribution in [3.05, 3.63) is 29.8 Å². The van der Waals surface area contributed by atoms with Gasteiger partial charge in [0.1, 0.15) is 0 Å². The van der Waals surface area contributed by atoms with E-state index in [2.05, 4.69) is 0 Å². The minimum Gasteiger partial charge on any atom is -0.372 e. The van der Waals surface area contributed by atoms with Crippen molar-refractivity contribution < 1.29 is 13.2 Å². The molecule has 2 unspecified atom stereocenters. The number of rotatable bonds is 3. The number of fused-ring (bicyclic) bond motifs is 2. The van der Waals surface area contributed by atoms with Crippen LogP contribution in [-0.4, -0.2) is 38.0 Å². The molecule has 2 saturated heterocycles. The van der Waals surface area contributed by atoms with E-state index in [9.17, 15) is 8.42 Å². The molecule has 2 heterocycles. The van der Waals surface area contributed by atoms with Crippen molar-refractivity contribution in [1.29, 1.82) is 0 Å². The van der Waals surface area contributed by atoms with E-state index >= 15 is 0 Å². The average molecular weight is 282 g/mol. The maximum Gasteiger partial charge on any atom is 0.243 e. The summed E-state index contributed by atoms with van der Waals surface area (Å²) in [5.41, 5.74) is 6.40. The Balaban J connectivity index is 1.89. The number of nitrogens with two attached hydrogens (primary N) is 1. The summed E-state index contributed by atoms with van der Waals surface area (Å²) in [7, 11) is -3.42. The molecule has 0 saturated carbocycles. The predicted octanol–water partition coefficient (Wildman–Crippen LogP) is 0.697. The van der Waals surface area contributed by atoms with Gasteiger partial charge in [-0.3, -0.25) is 0 Å². The first-order valence-corrected chi connectivity index (χ1v) is 7.98. The summed E-state index contributed by atoms with van der Waals surface area (Å²) >= 11 is 0. The fraction of sp³-hybridized carbons (Fsp3) is 0.538. The molecule has 19 heavy (non-hydrogen) atoms. The lowest BCUT2D eigenvalue weighted by atomic mass is 10.2.